The predicted molar refractivity (Wildman–Crippen MR) is 65.2 cm³/mol. The van der Waals surface area contributed by atoms with Gasteiger partial charge in [0.15, 0.2) is 0 Å². The molecule has 0 radical (unpaired) electrons. The van der Waals surface area contributed by atoms with Gasteiger partial charge in [-0.1, -0.05) is 0 Å². The maximum Gasteiger partial charge on any atom is 0.221 e. The van der Waals surface area contributed by atoms with Gasteiger partial charge in [0.05, 0.1) is 0 Å². The number of hydrogen-bond donors (Lipinski definition) is 2. The Morgan fingerprint density at radius 2 is 2.20 bits per heavy atom. The van der Waals surface area contributed by atoms with Gasteiger partial charge in [0.25, 0.3) is 0 Å². The van der Waals surface area contributed by atoms with Crippen LogP contribution in [0.5, 0.6) is 0 Å². The van der Waals surface area contributed by atoms with E-state index in [0.29, 0.717) is 12.0 Å². The number of nitrogens with two attached hydrogens (primary N) is 1. The van der Waals surface area contributed by atoms with Gasteiger partial charge in [-0.2, -0.15) is 16.7 Å². The Balaban J connectivity index is 2.05. The maximum absolute atomic E-state index is 5.57. The van der Waals surface area contributed by atoms with E-state index in [2.05, 4.69) is 15.3 Å². The normalized spacial score (nSPS) is 17.7. The van der Waals surface area contributed by atoms with Gasteiger partial charge in [0, 0.05) is 17.8 Å². The summed E-state index contributed by atoms with van der Waals surface area (Å²) in [5, 5.41) is 3.45. The lowest BCUT2D eigenvalue weighted by atomic mass is 10.1. The van der Waals surface area contributed by atoms with Crippen LogP contribution in [-0.2, 0) is 0 Å². The Labute approximate surface area is 94.1 Å². The number of aryl methyl sites for hydroxylation is 1. The van der Waals surface area contributed by atoms with Crippen LogP contribution in [0, 0.1) is 6.92 Å². The Morgan fingerprint density at radius 3 is 2.93 bits per heavy atom. The number of aromatic nitrogens is 2. The van der Waals surface area contributed by atoms with Gasteiger partial charge < -0.3 is 11.1 Å². The Hall–Kier alpha value is -0.970. The number of nitrogens with zero attached hydrogens (tertiary/aromatic N) is 2. The van der Waals surface area contributed by atoms with E-state index in [0.717, 1.165) is 11.4 Å². The zero-order valence-corrected chi connectivity index (χ0v) is 9.68. The Bertz CT molecular complexity index is 336. The zero-order valence-electron chi connectivity index (χ0n) is 8.86. The smallest absolute Gasteiger partial charge is 0.221 e. The molecule has 5 heteroatoms. The van der Waals surface area contributed by atoms with Crippen molar-refractivity contribution in [3.8, 4) is 0 Å². The second-order valence-electron chi connectivity index (χ2n) is 3.79. The minimum Gasteiger partial charge on any atom is -0.368 e. The molecule has 0 bridgehead atoms. The van der Waals surface area contributed by atoms with Crippen LogP contribution in [0.4, 0.5) is 11.8 Å². The highest BCUT2D eigenvalue weighted by Gasteiger charge is 2.14. The van der Waals surface area contributed by atoms with Crippen LogP contribution >= 0.6 is 11.8 Å². The van der Waals surface area contributed by atoms with E-state index in [1.807, 2.05) is 18.7 Å². The fourth-order valence-corrected chi connectivity index (χ4v) is 2.74. The summed E-state index contributed by atoms with van der Waals surface area (Å²) in [5.41, 5.74) is 6.62. The molecule has 1 aromatic heterocycles. The number of thioether (sulfide) groups is 1. The third-order valence-electron chi connectivity index (χ3n) is 2.55. The quantitative estimate of drug-likeness (QED) is 0.800. The van der Waals surface area contributed by atoms with E-state index in [-0.39, 0.29) is 0 Å². The van der Waals surface area contributed by atoms with E-state index in [4.69, 9.17) is 5.73 Å². The lowest BCUT2D eigenvalue weighted by Gasteiger charge is -2.23. The molecule has 1 aliphatic heterocycles. The highest BCUT2D eigenvalue weighted by atomic mass is 32.2. The molecule has 15 heavy (non-hydrogen) atoms. The topological polar surface area (TPSA) is 63.8 Å². The first-order valence-corrected chi connectivity index (χ1v) is 6.34. The molecule has 1 aliphatic rings. The Kier molecular flexibility index (Phi) is 3.30. The van der Waals surface area contributed by atoms with Crippen molar-refractivity contribution >= 4 is 23.5 Å². The average molecular weight is 224 g/mol. The number of hydrogen-bond acceptors (Lipinski definition) is 5. The number of rotatable bonds is 2. The van der Waals surface area contributed by atoms with Crippen LogP contribution < -0.4 is 11.1 Å². The monoisotopic (exact) mass is 224 g/mol. The summed E-state index contributed by atoms with van der Waals surface area (Å²) < 4.78 is 0. The summed E-state index contributed by atoms with van der Waals surface area (Å²) in [6.07, 6.45) is 4.17. The molecule has 1 aromatic rings. The van der Waals surface area contributed by atoms with Crippen molar-refractivity contribution in [3.05, 3.63) is 11.8 Å². The highest BCUT2D eigenvalue weighted by molar-refractivity contribution is 7.99. The number of nitrogen functional groups attached to an aromatic ring is 1. The van der Waals surface area contributed by atoms with Crippen LogP contribution in [0.3, 0.4) is 0 Å². The fourth-order valence-electron chi connectivity index (χ4n) is 1.64. The number of anilines is 2. The molecule has 0 atom stereocenters. The zero-order chi connectivity index (χ0) is 10.7. The molecular formula is C10H16N4S. The van der Waals surface area contributed by atoms with Crippen molar-refractivity contribution in [1.82, 2.24) is 9.97 Å². The van der Waals surface area contributed by atoms with Gasteiger partial charge in [-0.05, 0) is 31.3 Å². The summed E-state index contributed by atoms with van der Waals surface area (Å²) in [6.45, 7) is 2.00. The van der Waals surface area contributed by atoms with Crippen LogP contribution in [0.1, 0.15) is 18.4 Å². The highest BCUT2D eigenvalue weighted by Crippen LogP contribution is 2.21. The molecule has 2 rings (SSSR count). The van der Waals surface area contributed by atoms with Crippen LogP contribution in [0.15, 0.2) is 6.20 Å². The van der Waals surface area contributed by atoms with Gasteiger partial charge in [-0.15, -0.1) is 0 Å². The molecule has 2 heterocycles. The lowest BCUT2D eigenvalue weighted by molar-refractivity contribution is 0.663. The molecule has 4 nitrogen and oxygen atoms in total. The van der Waals surface area contributed by atoms with Crippen LogP contribution in [-0.4, -0.2) is 27.5 Å². The van der Waals surface area contributed by atoms with Crippen molar-refractivity contribution in [2.24, 2.45) is 0 Å². The molecule has 0 saturated carbocycles. The molecule has 0 unspecified atom stereocenters. The standard InChI is InChI=1S/C10H16N4S/c1-7-6-12-10(11)14-9(7)13-8-2-4-15-5-3-8/h6,8H,2-5H2,1H3,(H3,11,12,13,14). The fraction of sp³-hybridized carbons (Fsp3) is 0.600. The summed E-state index contributed by atoms with van der Waals surface area (Å²) in [6, 6.07) is 0.541. The summed E-state index contributed by atoms with van der Waals surface area (Å²) in [7, 11) is 0. The lowest BCUT2D eigenvalue weighted by Crippen LogP contribution is -2.25. The van der Waals surface area contributed by atoms with Crippen molar-refractivity contribution in [2.75, 3.05) is 22.6 Å². The number of nitrogens with one attached hydrogen (secondary N) is 1. The van der Waals surface area contributed by atoms with Crippen molar-refractivity contribution in [1.29, 1.82) is 0 Å². The SMILES string of the molecule is Cc1cnc(N)nc1NC1CCSCC1. The predicted octanol–water partition coefficient (Wildman–Crippen LogP) is 1.67. The summed E-state index contributed by atoms with van der Waals surface area (Å²) in [4.78, 5) is 8.17. The molecule has 3 N–H and O–H groups in total. The molecule has 0 spiro atoms. The molecular weight excluding hydrogens is 208 g/mol. The van der Waals surface area contributed by atoms with Gasteiger partial charge in [-0.25, -0.2) is 4.98 Å². The Morgan fingerprint density at radius 1 is 1.47 bits per heavy atom. The third-order valence-corrected chi connectivity index (χ3v) is 3.60. The van der Waals surface area contributed by atoms with Gasteiger partial charge in [0.1, 0.15) is 5.82 Å². The minimum absolute atomic E-state index is 0.341. The maximum atomic E-state index is 5.57. The molecule has 0 amide bonds. The van der Waals surface area contributed by atoms with Crippen LogP contribution in [0.25, 0.3) is 0 Å². The van der Waals surface area contributed by atoms with Gasteiger partial charge in [0.2, 0.25) is 5.95 Å². The van der Waals surface area contributed by atoms with Gasteiger partial charge in [-0.3, -0.25) is 0 Å². The van der Waals surface area contributed by atoms with E-state index in [1.54, 1.807) is 6.20 Å². The van der Waals surface area contributed by atoms with E-state index in [9.17, 15) is 0 Å². The average Bonchev–Trinajstić information content (AvgIpc) is 2.25. The summed E-state index contributed by atoms with van der Waals surface area (Å²) in [5.74, 6) is 3.70. The first-order chi connectivity index (χ1) is 7.25. The summed E-state index contributed by atoms with van der Waals surface area (Å²) >= 11 is 2.02. The molecule has 1 fully saturated rings. The van der Waals surface area contributed by atoms with Crippen molar-refractivity contribution in [3.63, 3.8) is 0 Å². The van der Waals surface area contributed by atoms with E-state index >= 15 is 0 Å². The largest absolute Gasteiger partial charge is 0.368 e. The van der Waals surface area contributed by atoms with Crippen molar-refractivity contribution in [2.45, 2.75) is 25.8 Å². The molecule has 82 valence electrons. The molecule has 0 aliphatic carbocycles. The van der Waals surface area contributed by atoms with E-state index < -0.39 is 0 Å². The van der Waals surface area contributed by atoms with Crippen molar-refractivity contribution < 1.29 is 0 Å². The third kappa shape index (κ3) is 2.75. The second kappa shape index (κ2) is 4.70. The molecule has 0 aromatic carbocycles. The van der Waals surface area contributed by atoms with Crippen LogP contribution in [0.2, 0.25) is 0 Å². The second-order valence-corrected chi connectivity index (χ2v) is 5.02. The minimum atomic E-state index is 0.341. The van der Waals surface area contributed by atoms with E-state index in [1.165, 1.54) is 24.3 Å². The molecule has 1 saturated heterocycles. The first-order valence-electron chi connectivity index (χ1n) is 5.19. The first kappa shape index (κ1) is 10.5. The van der Waals surface area contributed by atoms with Gasteiger partial charge >= 0.3 is 0 Å².